The van der Waals surface area contributed by atoms with Gasteiger partial charge in [0.05, 0.1) is 11.3 Å². The molecule has 2 amide bonds. The number of hydroxylamine groups is 2. The molecule has 2 aromatic carbocycles. The summed E-state index contributed by atoms with van der Waals surface area (Å²) < 4.78 is 40.9. The molecule has 1 atom stereocenters. The van der Waals surface area contributed by atoms with Crippen molar-refractivity contribution in [1.82, 2.24) is 5.06 Å². The predicted molar refractivity (Wildman–Crippen MR) is 136 cm³/mol. The lowest BCUT2D eigenvalue weighted by Gasteiger charge is -2.18. The molecule has 1 saturated heterocycles. The molecular formula is C25H29N3O10S. The van der Waals surface area contributed by atoms with Gasteiger partial charge in [0.25, 0.3) is 11.8 Å². The van der Waals surface area contributed by atoms with Crippen molar-refractivity contribution in [3.05, 3.63) is 48.0 Å². The van der Waals surface area contributed by atoms with Gasteiger partial charge in [-0.3, -0.25) is 14.4 Å². The molecule has 0 bridgehead atoms. The fourth-order valence-electron chi connectivity index (χ4n) is 3.40. The Balaban J connectivity index is 1.76. The van der Waals surface area contributed by atoms with E-state index in [0.717, 1.165) is 18.9 Å². The number of nitrogens with two attached hydrogens (primary N) is 1. The fourth-order valence-corrected chi connectivity index (χ4v) is 4.10. The Bertz CT molecular complexity index is 1320. The summed E-state index contributed by atoms with van der Waals surface area (Å²) in [5.41, 5.74) is 0.0556. The molecule has 13 nitrogen and oxygen atoms in total. The van der Waals surface area contributed by atoms with Gasteiger partial charge in [-0.25, -0.2) is 23.1 Å². The number of ether oxygens (including phenoxy) is 3. The van der Waals surface area contributed by atoms with Crippen LogP contribution in [0.1, 0.15) is 49.9 Å². The normalized spacial score (nSPS) is 14.1. The van der Waals surface area contributed by atoms with Crippen molar-refractivity contribution in [2.75, 3.05) is 18.5 Å². The van der Waals surface area contributed by atoms with Gasteiger partial charge in [-0.2, -0.15) is 0 Å². The molecule has 1 unspecified atom stereocenters. The van der Waals surface area contributed by atoms with Gasteiger partial charge in [-0.05, 0) is 37.6 Å². The number of hydrogen-bond acceptors (Lipinski definition) is 11. The Kier molecular flexibility index (Phi) is 9.84. The number of rotatable bonds is 12. The number of carbonyl (C=O) groups excluding carboxylic acids is 4. The molecule has 1 aliphatic heterocycles. The van der Waals surface area contributed by atoms with Gasteiger partial charge >= 0.3 is 12.1 Å². The van der Waals surface area contributed by atoms with Crippen LogP contribution in [0.15, 0.2) is 47.4 Å². The number of primary sulfonamides is 1. The van der Waals surface area contributed by atoms with Gasteiger partial charge in [0.1, 0.15) is 23.4 Å². The van der Waals surface area contributed by atoms with Crippen LogP contribution >= 0.6 is 0 Å². The zero-order valence-corrected chi connectivity index (χ0v) is 22.2. The minimum absolute atomic E-state index is 0.0791. The molecule has 39 heavy (non-hydrogen) atoms. The lowest BCUT2D eigenvalue weighted by atomic mass is 10.1. The average molecular weight is 564 g/mol. The van der Waals surface area contributed by atoms with Crippen molar-refractivity contribution >= 4 is 39.6 Å². The van der Waals surface area contributed by atoms with Crippen molar-refractivity contribution in [3.8, 4) is 11.5 Å². The number of unbranched alkanes of at least 4 members (excludes halogenated alkanes) is 1. The molecule has 14 heteroatoms. The van der Waals surface area contributed by atoms with Gasteiger partial charge in [0.15, 0.2) is 5.75 Å². The van der Waals surface area contributed by atoms with E-state index >= 15 is 0 Å². The van der Waals surface area contributed by atoms with Gasteiger partial charge in [0, 0.05) is 19.4 Å². The highest BCUT2D eigenvalue weighted by Crippen LogP contribution is 2.37. The number of anilines is 1. The molecule has 1 aliphatic rings. The fraction of sp³-hybridized carbons (Fsp3) is 0.360. The molecule has 1 fully saturated rings. The molecule has 210 valence electrons. The Morgan fingerprint density at radius 2 is 1.77 bits per heavy atom. The monoisotopic (exact) mass is 563 g/mol. The Morgan fingerprint density at radius 3 is 2.38 bits per heavy atom. The van der Waals surface area contributed by atoms with Crippen LogP contribution in [-0.4, -0.2) is 56.7 Å². The van der Waals surface area contributed by atoms with E-state index in [-0.39, 0.29) is 29.8 Å². The third-order valence-corrected chi connectivity index (χ3v) is 6.24. The van der Waals surface area contributed by atoms with Crippen molar-refractivity contribution in [2.45, 2.75) is 50.5 Å². The second kappa shape index (κ2) is 13.1. The standard InChI is InChI=1S/C25H29N3O10S/c1-3-4-12-27-19-13-17(14-20(39(26,33)34)23(19)37-18-8-6-5-7-9-18)24(31)35-15-16(2)36-25(32)38-28-21(29)10-11-22(28)30/h5-9,13-14,16,27H,3-4,10-12,15H2,1-2H3,(H2,26,33,34). The molecule has 0 aliphatic carbocycles. The number of nitrogens with one attached hydrogen (secondary N) is 1. The second-order valence-electron chi connectivity index (χ2n) is 8.54. The third kappa shape index (κ3) is 8.15. The topological polar surface area (TPSA) is 181 Å². The predicted octanol–water partition coefficient (Wildman–Crippen LogP) is 3.10. The van der Waals surface area contributed by atoms with Crippen LogP contribution in [0.5, 0.6) is 11.5 Å². The number of carbonyl (C=O) groups is 4. The number of nitrogens with zero attached hydrogens (tertiary/aromatic N) is 1. The van der Waals surface area contributed by atoms with Crippen molar-refractivity contribution < 1.29 is 46.6 Å². The Hall–Kier alpha value is -4.17. The summed E-state index contributed by atoms with van der Waals surface area (Å²) in [7, 11) is -4.35. The summed E-state index contributed by atoms with van der Waals surface area (Å²) in [4.78, 5) is 52.0. The first-order chi connectivity index (χ1) is 18.5. The Morgan fingerprint density at radius 1 is 1.10 bits per heavy atom. The molecule has 0 aromatic heterocycles. The number of benzene rings is 2. The smallest absolute Gasteiger partial charge is 0.458 e. The number of hydrogen-bond donors (Lipinski definition) is 2. The number of esters is 1. The molecule has 0 radical (unpaired) electrons. The SMILES string of the molecule is CCCCNc1cc(C(=O)OCC(C)OC(=O)ON2C(=O)CCC2=O)cc(S(N)(=O)=O)c1Oc1ccccc1. The van der Waals surface area contributed by atoms with E-state index in [0.29, 0.717) is 17.4 Å². The molecule has 0 saturated carbocycles. The number of sulfonamides is 1. The van der Waals surface area contributed by atoms with Crippen LogP contribution in [0.4, 0.5) is 10.5 Å². The van der Waals surface area contributed by atoms with E-state index in [1.54, 1.807) is 30.3 Å². The minimum atomic E-state index is -4.35. The van der Waals surface area contributed by atoms with Crippen LogP contribution in [0.25, 0.3) is 0 Å². The highest BCUT2D eigenvalue weighted by Gasteiger charge is 2.34. The van der Waals surface area contributed by atoms with E-state index in [1.807, 2.05) is 6.92 Å². The number of imide groups is 1. The van der Waals surface area contributed by atoms with E-state index in [1.165, 1.54) is 13.0 Å². The van der Waals surface area contributed by atoms with Crippen LogP contribution in [0.3, 0.4) is 0 Å². The van der Waals surface area contributed by atoms with Crippen molar-refractivity contribution in [1.29, 1.82) is 0 Å². The minimum Gasteiger partial charge on any atom is -0.458 e. The third-order valence-electron chi connectivity index (χ3n) is 5.32. The van der Waals surface area contributed by atoms with Gasteiger partial charge in [-0.15, -0.1) is 0 Å². The molecule has 2 aromatic rings. The van der Waals surface area contributed by atoms with E-state index < -0.39 is 51.6 Å². The van der Waals surface area contributed by atoms with E-state index in [4.69, 9.17) is 19.3 Å². The highest BCUT2D eigenvalue weighted by molar-refractivity contribution is 7.89. The largest absolute Gasteiger partial charge is 0.534 e. The number of amides is 2. The molecule has 0 spiro atoms. The van der Waals surface area contributed by atoms with Crippen LogP contribution < -0.4 is 15.2 Å². The van der Waals surface area contributed by atoms with E-state index in [2.05, 4.69) is 10.2 Å². The quantitative estimate of drug-likeness (QED) is 0.220. The molecule has 3 N–H and O–H groups in total. The zero-order chi connectivity index (χ0) is 28.6. The maximum absolute atomic E-state index is 12.8. The summed E-state index contributed by atoms with van der Waals surface area (Å²) >= 11 is 0. The van der Waals surface area contributed by atoms with Gasteiger partial charge < -0.3 is 19.5 Å². The molecule has 1 heterocycles. The lowest BCUT2D eigenvalue weighted by Crippen LogP contribution is -2.34. The maximum atomic E-state index is 12.8. The zero-order valence-electron chi connectivity index (χ0n) is 21.4. The maximum Gasteiger partial charge on any atom is 0.534 e. The van der Waals surface area contributed by atoms with Crippen molar-refractivity contribution in [2.24, 2.45) is 5.14 Å². The summed E-state index contributed by atoms with van der Waals surface area (Å²) in [5.74, 6) is -2.01. The summed E-state index contributed by atoms with van der Waals surface area (Å²) in [6, 6.07) is 10.9. The molecular weight excluding hydrogens is 534 g/mol. The van der Waals surface area contributed by atoms with Crippen LogP contribution in [0.2, 0.25) is 0 Å². The summed E-state index contributed by atoms with van der Waals surface area (Å²) in [6.07, 6.45) is -0.914. The second-order valence-corrected chi connectivity index (χ2v) is 10.1. The highest BCUT2D eigenvalue weighted by atomic mass is 32.2. The Labute approximate surface area is 225 Å². The van der Waals surface area contributed by atoms with Gasteiger partial charge in [-0.1, -0.05) is 36.6 Å². The first-order valence-corrected chi connectivity index (χ1v) is 13.6. The van der Waals surface area contributed by atoms with Crippen LogP contribution in [-0.2, 0) is 33.9 Å². The number of para-hydroxylation sites is 1. The average Bonchev–Trinajstić information content (AvgIpc) is 3.20. The van der Waals surface area contributed by atoms with Gasteiger partial charge in [0.2, 0.25) is 10.0 Å². The first kappa shape index (κ1) is 29.4. The van der Waals surface area contributed by atoms with Crippen LogP contribution in [0, 0.1) is 0 Å². The van der Waals surface area contributed by atoms with Crippen molar-refractivity contribution in [3.63, 3.8) is 0 Å². The lowest BCUT2D eigenvalue weighted by molar-refractivity contribution is -0.178. The first-order valence-electron chi connectivity index (χ1n) is 12.1. The van der Waals surface area contributed by atoms with E-state index in [9.17, 15) is 27.6 Å². The molecule has 3 rings (SSSR count). The summed E-state index contributed by atoms with van der Waals surface area (Å²) in [6.45, 7) is 3.37. The summed E-state index contributed by atoms with van der Waals surface area (Å²) in [5, 5.41) is 8.85.